The first-order chi connectivity index (χ1) is 12.4. The van der Waals surface area contributed by atoms with Gasteiger partial charge in [-0.15, -0.1) is 0 Å². The first-order valence-electron chi connectivity index (χ1n) is 10.7. The Kier molecular flexibility index (Phi) is 4.56. The van der Waals surface area contributed by atoms with Gasteiger partial charge in [0, 0.05) is 12.5 Å². The number of hydrogen-bond donors (Lipinski definition) is 0. The molecule has 0 saturated heterocycles. The molecule has 0 radical (unpaired) electrons. The van der Waals surface area contributed by atoms with Crippen LogP contribution in [0.25, 0.3) is 0 Å². The van der Waals surface area contributed by atoms with Crippen LogP contribution in [-0.2, 0) is 14.3 Å². The molecule has 26 heavy (non-hydrogen) atoms. The molecule has 3 nitrogen and oxygen atoms in total. The summed E-state index contributed by atoms with van der Waals surface area (Å²) in [6.07, 6.45) is 14.0. The fraction of sp³-hybridized carbons (Fsp3) is 0.826. The van der Waals surface area contributed by atoms with Crippen LogP contribution in [-0.4, -0.2) is 18.4 Å². The van der Waals surface area contributed by atoms with E-state index < -0.39 is 0 Å². The van der Waals surface area contributed by atoms with Crippen LogP contribution < -0.4 is 0 Å². The number of hydrogen-bond acceptors (Lipinski definition) is 3. The number of fused-ring (bicyclic) bond motifs is 5. The molecule has 0 aromatic rings. The summed E-state index contributed by atoms with van der Waals surface area (Å²) in [6.45, 7) is 6.19. The zero-order valence-corrected chi connectivity index (χ0v) is 16.7. The lowest BCUT2D eigenvalue weighted by Crippen LogP contribution is -2.52. The molecule has 0 amide bonds. The van der Waals surface area contributed by atoms with Gasteiger partial charge in [0.2, 0.25) is 0 Å². The summed E-state index contributed by atoms with van der Waals surface area (Å²) < 4.78 is 5.00. The van der Waals surface area contributed by atoms with E-state index in [4.69, 9.17) is 4.74 Å². The average Bonchev–Trinajstić information content (AvgIpc) is 2.96. The Labute approximate surface area is 157 Å². The van der Waals surface area contributed by atoms with E-state index in [9.17, 15) is 9.59 Å². The third-order valence-corrected chi connectivity index (χ3v) is 8.87. The largest absolute Gasteiger partial charge is 0.457 e. The lowest BCUT2D eigenvalue weighted by molar-refractivity contribution is -0.145. The van der Waals surface area contributed by atoms with Gasteiger partial charge in [-0.05, 0) is 79.4 Å². The second kappa shape index (κ2) is 6.49. The van der Waals surface area contributed by atoms with E-state index in [1.807, 2.05) is 0 Å². The molecule has 0 aromatic heterocycles. The van der Waals surface area contributed by atoms with Crippen LogP contribution in [0.15, 0.2) is 11.6 Å². The predicted octanol–water partition coefficient (Wildman–Crippen LogP) is 5.09. The highest BCUT2D eigenvalue weighted by molar-refractivity contribution is 5.99. The first kappa shape index (κ1) is 18.3. The van der Waals surface area contributed by atoms with Gasteiger partial charge in [0.1, 0.15) is 0 Å². The first-order valence-corrected chi connectivity index (χ1v) is 10.7. The summed E-state index contributed by atoms with van der Waals surface area (Å²) in [5.41, 5.74) is 1.49. The van der Waals surface area contributed by atoms with Gasteiger partial charge in [0.15, 0.2) is 12.4 Å². The van der Waals surface area contributed by atoms with Crippen molar-refractivity contribution < 1.29 is 14.3 Å². The molecule has 4 aliphatic carbocycles. The Morgan fingerprint density at radius 1 is 1.08 bits per heavy atom. The fourth-order valence-electron chi connectivity index (χ4n) is 7.54. The zero-order valence-electron chi connectivity index (χ0n) is 16.7. The van der Waals surface area contributed by atoms with Crippen LogP contribution in [0.3, 0.4) is 0 Å². The minimum Gasteiger partial charge on any atom is -0.457 e. The molecule has 6 atom stereocenters. The number of Topliss-reactive ketones (excluding diaryl/α,β-unsaturated/α-hetero) is 1. The Morgan fingerprint density at radius 3 is 2.65 bits per heavy atom. The molecule has 0 bridgehead atoms. The lowest BCUT2D eigenvalue weighted by atomic mass is 9.45. The van der Waals surface area contributed by atoms with Gasteiger partial charge in [0.25, 0.3) is 0 Å². The molecule has 144 valence electrons. The molecular formula is C23H34O3. The number of esters is 1. The van der Waals surface area contributed by atoms with Crippen molar-refractivity contribution in [2.45, 2.75) is 78.6 Å². The minimum absolute atomic E-state index is 0.00371. The number of rotatable bonds is 3. The highest BCUT2D eigenvalue weighted by atomic mass is 16.5. The standard InChI is InChI=1S/C23H34O3/c1-15(24)26-14-21(25)20-10-9-18-17-8-7-16-6-4-5-12-22(16,2)19(17)11-13-23(18,20)3/h10,16-19H,4-9,11-14H2,1-3H3/t16?,17-,18-,19-,22-,23-/m0/s1. The number of allylic oxidation sites excluding steroid dienone is 1. The maximum absolute atomic E-state index is 12.7. The highest BCUT2D eigenvalue weighted by Gasteiger charge is 2.58. The van der Waals surface area contributed by atoms with Crippen molar-refractivity contribution in [3.8, 4) is 0 Å². The second-order valence-electron chi connectivity index (χ2n) is 9.92. The predicted molar refractivity (Wildman–Crippen MR) is 101 cm³/mol. The van der Waals surface area contributed by atoms with Gasteiger partial charge < -0.3 is 4.74 Å². The van der Waals surface area contributed by atoms with Gasteiger partial charge >= 0.3 is 5.97 Å². The molecule has 3 heteroatoms. The van der Waals surface area contributed by atoms with E-state index in [2.05, 4.69) is 19.9 Å². The SMILES string of the molecule is CC(=O)OCC(=O)C1=CC[C@H]2[C@@H]3CCC4CCCC[C@]4(C)[C@H]3CC[C@]12C. The van der Waals surface area contributed by atoms with Crippen LogP contribution >= 0.6 is 0 Å². The maximum Gasteiger partial charge on any atom is 0.303 e. The molecule has 0 aromatic carbocycles. The number of carbonyl (C=O) groups is 2. The van der Waals surface area contributed by atoms with Gasteiger partial charge in [-0.1, -0.05) is 32.8 Å². The van der Waals surface area contributed by atoms with E-state index in [0.717, 1.165) is 36.2 Å². The van der Waals surface area contributed by atoms with Crippen LogP contribution in [0, 0.1) is 34.5 Å². The van der Waals surface area contributed by atoms with Gasteiger partial charge in [-0.2, -0.15) is 0 Å². The Bertz CT molecular complexity index is 635. The molecule has 0 aliphatic heterocycles. The zero-order chi connectivity index (χ0) is 18.5. The van der Waals surface area contributed by atoms with Gasteiger partial charge in [0.05, 0.1) is 0 Å². The Hall–Kier alpha value is -1.12. The molecule has 1 unspecified atom stereocenters. The summed E-state index contributed by atoms with van der Waals surface area (Å²) in [6, 6.07) is 0. The number of ether oxygens (including phenoxy) is 1. The van der Waals surface area contributed by atoms with Crippen LogP contribution in [0.4, 0.5) is 0 Å². The Morgan fingerprint density at radius 2 is 1.88 bits per heavy atom. The van der Waals surface area contributed by atoms with Crippen molar-refractivity contribution in [3.63, 3.8) is 0 Å². The van der Waals surface area contributed by atoms with Crippen LogP contribution in [0.1, 0.15) is 78.6 Å². The van der Waals surface area contributed by atoms with E-state index in [1.54, 1.807) is 0 Å². The quantitative estimate of drug-likeness (QED) is 0.660. The smallest absolute Gasteiger partial charge is 0.303 e. The lowest BCUT2D eigenvalue weighted by Gasteiger charge is -2.60. The number of ketones is 1. The monoisotopic (exact) mass is 358 g/mol. The maximum atomic E-state index is 12.7. The molecule has 0 N–H and O–H groups in total. The Balaban J connectivity index is 1.54. The van der Waals surface area contributed by atoms with Gasteiger partial charge in [-0.3, -0.25) is 9.59 Å². The third kappa shape index (κ3) is 2.68. The van der Waals surface area contributed by atoms with Crippen LogP contribution in [0.2, 0.25) is 0 Å². The number of carbonyl (C=O) groups excluding carboxylic acids is 2. The molecule has 3 fully saturated rings. The summed E-state index contributed by atoms with van der Waals surface area (Å²) in [5.74, 6) is 2.81. The van der Waals surface area contributed by atoms with Crippen molar-refractivity contribution in [2.24, 2.45) is 34.5 Å². The summed E-state index contributed by atoms with van der Waals surface area (Å²) in [4.78, 5) is 23.8. The molecular weight excluding hydrogens is 324 g/mol. The molecule has 0 heterocycles. The molecule has 4 rings (SSSR count). The minimum atomic E-state index is -0.370. The van der Waals surface area contributed by atoms with E-state index >= 15 is 0 Å². The summed E-state index contributed by atoms with van der Waals surface area (Å²) in [5, 5.41) is 0. The molecule has 4 aliphatic rings. The summed E-state index contributed by atoms with van der Waals surface area (Å²) in [7, 11) is 0. The third-order valence-electron chi connectivity index (χ3n) is 8.87. The fourth-order valence-corrected chi connectivity index (χ4v) is 7.54. The van der Waals surface area contributed by atoms with Crippen molar-refractivity contribution in [1.82, 2.24) is 0 Å². The second-order valence-corrected chi connectivity index (χ2v) is 9.92. The van der Waals surface area contributed by atoms with E-state index in [0.29, 0.717) is 11.3 Å². The van der Waals surface area contributed by atoms with Crippen molar-refractivity contribution in [1.29, 1.82) is 0 Å². The van der Waals surface area contributed by atoms with E-state index in [-0.39, 0.29) is 23.8 Å². The molecule has 3 saturated carbocycles. The summed E-state index contributed by atoms with van der Waals surface area (Å²) >= 11 is 0. The van der Waals surface area contributed by atoms with E-state index in [1.165, 1.54) is 51.9 Å². The van der Waals surface area contributed by atoms with Crippen LogP contribution in [0.5, 0.6) is 0 Å². The van der Waals surface area contributed by atoms with Crippen molar-refractivity contribution >= 4 is 11.8 Å². The molecule has 0 spiro atoms. The van der Waals surface area contributed by atoms with Crippen molar-refractivity contribution in [2.75, 3.05) is 6.61 Å². The highest BCUT2D eigenvalue weighted by Crippen LogP contribution is 2.66. The normalized spacial score (nSPS) is 44.3. The topological polar surface area (TPSA) is 43.4 Å². The van der Waals surface area contributed by atoms with Crippen molar-refractivity contribution in [3.05, 3.63) is 11.6 Å². The average molecular weight is 359 g/mol. The van der Waals surface area contributed by atoms with Gasteiger partial charge in [-0.25, -0.2) is 0 Å².